The lowest BCUT2D eigenvalue weighted by molar-refractivity contribution is -0.123. The van der Waals surface area contributed by atoms with E-state index in [-0.39, 0.29) is 36.4 Å². The summed E-state index contributed by atoms with van der Waals surface area (Å²) in [6.07, 6.45) is 3.07. The Morgan fingerprint density at radius 3 is 2.68 bits per heavy atom. The Balaban J connectivity index is 0.00000312. The minimum absolute atomic E-state index is 0. The molecule has 0 aromatic heterocycles. The molecule has 1 saturated heterocycles. The number of carbonyl (C=O) groups excluding carboxylic acids is 2. The number of anilines is 1. The molecule has 1 fully saturated rings. The number of nitrogens with zero attached hydrogens (tertiary/aromatic N) is 1. The standard InChI is InChI=1S/C18H27N3O3.ClH/c1-3-18(19,4-2)13-20-16(22)12-24-15-8-5-7-14(11-15)21-10-6-9-17(21)23;/h5,7-8,11H,3-4,6,9-10,12-13,19H2,1-2H3,(H,20,22);1H. The van der Waals surface area contributed by atoms with Crippen LogP contribution in [0.15, 0.2) is 24.3 Å². The Morgan fingerprint density at radius 2 is 2.08 bits per heavy atom. The largest absolute Gasteiger partial charge is 0.484 e. The molecule has 25 heavy (non-hydrogen) atoms. The van der Waals surface area contributed by atoms with Gasteiger partial charge < -0.3 is 20.7 Å². The molecule has 0 aliphatic carbocycles. The summed E-state index contributed by atoms with van der Waals surface area (Å²) in [4.78, 5) is 25.5. The number of nitrogens with one attached hydrogen (secondary N) is 1. The minimum Gasteiger partial charge on any atom is -0.484 e. The van der Waals surface area contributed by atoms with Crippen LogP contribution in [0.5, 0.6) is 5.75 Å². The van der Waals surface area contributed by atoms with E-state index in [9.17, 15) is 9.59 Å². The second-order valence-electron chi connectivity index (χ2n) is 6.28. The van der Waals surface area contributed by atoms with Gasteiger partial charge in [-0.05, 0) is 31.4 Å². The minimum atomic E-state index is -0.369. The molecule has 1 heterocycles. The number of nitrogens with two attached hydrogens (primary N) is 1. The third-order valence-electron chi connectivity index (χ3n) is 4.62. The van der Waals surface area contributed by atoms with Crippen molar-refractivity contribution < 1.29 is 14.3 Å². The molecule has 0 bridgehead atoms. The van der Waals surface area contributed by atoms with Gasteiger partial charge in [0.05, 0.1) is 0 Å². The number of amides is 2. The van der Waals surface area contributed by atoms with E-state index in [0.29, 0.717) is 18.7 Å². The Hall–Kier alpha value is -1.79. The second kappa shape index (κ2) is 9.63. The van der Waals surface area contributed by atoms with Gasteiger partial charge in [0.25, 0.3) is 5.91 Å². The van der Waals surface area contributed by atoms with Gasteiger partial charge in [-0.25, -0.2) is 0 Å². The number of ether oxygens (including phenoxy) is 1. The van der Waals surface area contributed by atoms with Crippen LogP contribution in [-0.2, 0) is 9.59 Å². The van der Waals surface area contributed by atoms with Crippen LogP contribution in [0.3, 0.4) is 0 Å². The van der Waals surface area contributed by atoms with Crippen LogP contribution in [0.25, 0.3) is 0 Å². The topological polar surface area (TPSA) is 84.7 Å². The number of halogens is 1. The van der Waals surface area contributed by atoms with Crippen molar-refractivity contribution in [2.24, 2.45) is 5.73 Å². The highest BCUT2D eigenvalue weighted by Crippen LogP contribution is 2.25. The van der Waals surface area contributed by atoms with E-state index in [4.69, 9.17) is 10.5 Å². The fourth-order valence-corrected chi connectivity index (χ4v) is 2.64. The van der Waals surface area contributed by atoms with Gasteiger partial charge in [-0.15, -0.1) is 12.4 Å². The van der Waals surface area contributed by atoms with Crippen molar-refractivity contribution in [1.29, 1.82) is 0 Å². The van der Waals surface area contributed by atoms with E-state index in [1.807, 2.05) is 26.0 Å². The lowest BCUT2D eigenvalue weighted by atomic mass is 9.94. The summed E-state index contributed by atoms with van der Waals surface area (Å²) in [5.74, 6) is 0.505. The molecule has 1 aliphatic heterocycles. The van der Waals surface area contributed by atoms with Crippen molar-refractivity contribution in [3.05, 3.63) is 24.3 Å². The number of hydrogen-bond donors (Lipinski definition) is 2. The molecule has 6 nitrogen and oxygen atoms in total. The average Bonchev–Trinajstić information content (AvgIpc) is 3.04. The van der Waals surface area contributed by atoms with E-state index in [0.717, 1.165) is 31.5 Å². The molecule has 2 rings (SSSR count). The summed E-state index contributed by atoms with van der Waals surface area (Å²) in [7, 11) is 0. The van der Waals surface area contributed by atoms with Gasteiger partial charge in [-0.1, -0.05) is 19.9 Å². The lowest BCUT2D eigenvalue weighted by Gasteiger charge is -2.26. The third-order valence-corrected chi connectivity index (χ3v) is 4.62. The number of benzene rings is 1. The Labute approximate surface area is 155 Å². The van der Waals surface area contributed by atoms with Crippen LogP contribution in [0.2, 0.25) is 0 Å². The molecular formula is C18H28ClN3O3. The molecule has 1 aromatic rings. The zero-order valence-corrected chi connectivity index (χ0v) is 15.7. The van der Waals surface area contributed by atoms with Crippen LogP contribution < -0.4 is 20.7 Å². The van der Waals surface area contributed by atoms with Gasteiger partial charge in [0.15, 0.2) is 6.61 Å². The van der Waals surface area contributed by atoms with Gasteiger partial charge in [-0.2, -0.15) is 0 Å². The van der Waals surface area contributed by atoms with E-state index < -0.39 is 0 Å². The fraction of sp³-hybridized carbons (Fsp3) is 0.556. The van der Waals surface area contributed by atoms with Crippen molar-refractivity contribution >= 4 is 29.9 Å². The van der Waals surface area contributed by atoms with Crippen molar-refractivity contribution in [3.8, 4) is 5.75 Å². The highest BCUT2D eigenvalue weighted by Gasteiger charge is 2.22. The van der Waals surface area contributed by atoms with Crippen molar-refractivity contribution in [2.75, 3.05) is 24.6 Å². The lowest BCUT2D eigenvalue weighted by Crippen LogP contribution is -2.50. The predicted octanol–water partition coefficient (Wildman–Crippen LogP) is 2.25. The monoisotopic (exact) mass is 369 g/mol. The SMILES string of the molecule is CCC(N)(CC)CNC(=O)COc1cccc(N2CCCC2=O)c1.Cl. The second-order valence-corrected chi connectivity index (χ2v) is 6.28. The van der Waals surface area contributed by atoms with Crippen LogP contribution >= 0.6 is 12.4 Å². The van der Waals surface area contributed by atoms with Gasteiger partial charge in [0, 0.05) is 36.8 Å². The van der Waals surface area contributed by atoms with Crippen molar-refractivity contribution in [3.63, 3.8) is 0 Å². The maximum absolute atomic E-state index is 11.9. The molecule has 3 N–H and O–H groups in total. The molecule has 0 atom stereocenters. The van der Waals surface area contributed by atoms with Crippen LogP contribution in [-0.4, -0.2) is 37.0 Å². The zero-order valence-electron chi connectivity index (χ0n) is 14.9. The summed E-state index contributed by atoms with van der Waals surface area (Å²) in [5.41, 5.74) is 6.61. The first-order chi connectivity index (χ1) is 11.5. The van der Waals surface area contributed by atoms with Gasteiger partial charge in [0.1, 0.15) is 5.75 Å². The summed E-state index contributed by atoms with van der Waals surface area (Å²) < 4.78 is 5.54. The fourth-order valence-electron chi connectivity index (χ4n) is 2.64. The normalized spacial score (nSPS) is 14.2. The first kappa shape index (κ1) is 21.3. The van der Waals surface area contributed by atoms with Gasteiger partial charge >= 0.3 is 0 Å². The molecular weight excluding hydrogens is 342 g/mol. The predicted molar refractivity (Wildman–Crippen MR) is 101 cm³/mol. The van der Waals surface area contributed by atoms with Gasteiger partial charge in [0.2, 0.25) is 5.91 Å². The van der Waals surface area contributed by atoms with Crippen molar-refractivity contribution in [1.82, 2.24) is 5.32 Å². The Bertz CT molecular complexity index is 591. The average molecular weight is 370 g/mol. The third kappa shape index (κ3) is 5.90. The highest BCUT2D eigenvalue weighted by molar-refractivity contribution is 5.95. The molecule has 0 radical (unpaired) electrons. The first-order valence-electron chi connectivity index (χ1n) is 8.56. The molecule has 1 aromatic carbocycles. The molecule has 2 amide bonds. The van der Waals surface area contributed by atoms with Gasteiger partial charge in [-0.3, -0.25) is 9.59 Å². The van der Waals surface area contributed by atoms with Crippen LogP contribution in [0.4, 0.5) is 5.69 Å². The molecule has 0 spiro atoms. The summed E-state index contributed by atoms with van der Waals surface area (Å²) >= 11 is 0. The van der Waals surface area contributed by atoms with E-state index in [1.54, 1.807) is 17.0 Å². The number of carbonyl (C=O) groups is 2. The number of hydrogen-bond acceptors (Lipinski definition) is 4. The van der Waals surface area contributed by atoms with E-state index in [2.05, 4.69) is 5.32 Å². The van der Waals surface area contributed by atoms with E-state index >= 15 is 0 Å². The quantitative estimate of drug-likeness (QED) is 0.736. The highest BCUT2D eigenvalue weighted by atomic mass is 35.5. The molecule has 7 heteroatoms. The maximum atomic E-state index is 11.9. The molecule has 0 unspecified atom stereocenters. The Morgan fingerprint density at radius 1 is 1.36 bits per heavy atom. The molecule has 140 valence electrons. The zero-order chi connectivity index (χ0) is 17.6. The maximum Gasteiger partial charge on any atom is 0.258 e. The molecule has 0 saturated carbocycles. The van der Waals surface area contributed by atoms with E-state index in [1.165, 1.54) is 0 Å². The summed E-state index contributed by atoms with van der Waals surface area (Å²) in [6, 6.07) is 7.28. The van der Waals surface area contributed by atoms with Crippen LogP contribution in [0, 0.1) is 0 Å². The first-order valence-corrected chi connectivity index (χ1v) is 8.56. The summed E-state index contributed by atoms with van der Waals surface area (Å²) in [5, 5.41) is 2.82. The smallest absolute Gasteiger partial charge is 0.258 e. The molecule has 1 aliphatic rings. The van der Waals surface area contributed by atoms with Crippen LogP contribution in [0.1, 0.15) is 39.5 Å². The Kier molecular flexibility index (Phi) is 8.19. The van der Waals surface area contributed by atoms with Crippen molar-refractivity contribution in [2.45, 2.75) is 45.1 Å². The number of rotatable bonds is 8. The summed E-state index contributed by atoms with van der Waals surface area (Å²) in [6.45, 7) is 5.12.